The average molecular weight is 282 g/mol. The number of carbonyl (C=O) groups is 1. The normalized spacial score (nSPS) is 10.2. The first-order valence-corrected chi connectivity index (χ1v) is 7.22. The second-order valence-corrected chi connectivity index (χ2v) is 5.41. The number of hydrogen-bond acceptors (Lipinski definition) is 2. The van der Waals surface area contributed by atoms with Crippen LogP contribution in [0.3, 0.4) is 0 Å². The standard InChI is InChI=1S/C18H22N2O/c1-13-5-8-16(9-6-13)20-18(21)10-11-19-17-12-14(2)4-7-15(17)3/h4-9,12,19H,10-11H2,1-3H3,(H,20,21). The third-order valence-corrected chi connectivity index (χ3v) is 3.40. The molecule has 0 aromatic heterocycles. The number of anilines is 2. The van der Waals surface area contributed by atoms with Crippen molar-refractivity contribution in [3.8, 4) is 0 Å². The monoisotopic (exact) mass is 282 g/mol. The zero-order valence-corrected chi connectivity index (χ0v) is 12.9. The molecule has 1 amide bonds. The van der Waals surface area contributed by atoms with E-state index < -0.39 is 0 Å². The van der Waals surface area contributed by atoms with Crippen molar-refractivity contribution in [2.75, 3.05) is 17.2 Å². The predicted octanol–water partition coefficient (Wildman–Crippen LogP) is 4.05. The third-order valence-electron chi connectivity index (χ3n) is 3.40. The minimum absolute atomic E-state index is 0.0247. The minimum atomic E-state index is 0.0247. The second-order valence-electron chi connectivity index (χ2n) is 5.41. The Balaban J connectivity index is 1.81. The van der Waals surface area contributed by atoms with Gasteiger partial charge in [0.2, 0.25) is 5.91 Å². The lowest BCUT2D eigenvalue weighted by Crippen LogP contribution is -2.16. The van der Waals surface area contributed by atoms with E-state index in [4.69, 9.17) is 0 Å². The molecule has 0 aliphatic heterocycles. The lowest BCUT2D eigenvalue weighted by atomic mass is 10.1. The fourth-order valence-electron chi connectivity index (χ4n) is 2.10. The summed E-state index contributed by atoms with van der Waals surface area (Å²) in [5, 5.41) is 6.22. The second kappa shape index (κ2) is 6.93. The summed E-state index contributed by atoms with van der Waals surface area (Å²) in [6.07, 6.45) is 0.446. The summed E-state index contributed by atoms with van der Waals surface area (Å²) in [6, 6.07) is 14.1. The number of carbonyl (C=O) groups excluding carboxylic acids is 1. The van der Waals surface area contributed by atoms with Crippen LogP contribution in [0, 0.1) is 20.8 Å². The van der Waals surface area contributed by atoms with Gasteiger partial charge in [0.1, 0.15) is 0 Å². The predicted molar refractivity (Wildman–Crippen MR) is 88.8 cm³/mol. The van der Waals surface area contributed by atoms with Crippen LogP contribution in [0.15, 0.2) is 42.5 Å². The molecule has 2 aromatic carbocycles. The molecule has 0 saturated heterocycles. The van der Waals surface area contributed by atoms with Crippen molar-refractivity contribution in [1.82, 2.24) is 0 Å². The van der Waals surface area contributed by atoms with E-state index in [-0.39, 0.29) is 5.91 Å². The molecule has 0 atom stereocenters. The van der Waals surface area contributed by atoms with Gasteiger partial charge in [-0.3, -0.25) is 4.79 Å². The summed E-state index contributed by atoms with van der Waals surface area (Å²) in [6.45, 7) is 6.78. The molecule has 110 valence electrons. The average Bonchev–Trinajstić information content (AvgIpc) is 2.45. The van der Waals surface area contributed by atoms with E-state index in [1.165, 1.54) is 16.7 Å². The lowest BCUT2D eigenvalue weighted by molar-refractivity contribution is -0.115. The number of nitrogens with one attached hydrogen (secondary N) is 2. The van der Waals surface area contributed by atoms with E-state index in [0.29, 0.717) is 13.0 Å². The van der Waals surface area contributed by atoms with Gasteiger partial charge in [0.15, 0.2) is 0 Å². The zero-order valence-electron chi connectivity index (χ0n) is 12.9. The van der Waals surface area contributed by atoms with Crippen LogP contribution < -0.4 is 10.6 Å². The number of amides is 1. The van der Waals surface area contributed by atoms with Crippen LogP contribution in [0.25, 0.3) is 0 Å². The van der Waals surface area contributed by atoms with E-state index in [0.717, 1.165) is 11.4 Å². The van der Waals surface area contributed by atoms with Gasteiger partial charge >= 0.3 is 0 Å². The molecule has 0 saturated carbocycles. The van der Waals surface area contributed by atoms with Gasteiger partial charge in [-0.1, -0.05) is 29.8 Å². The van der Waals surface area contributed by atoms with Crippen LogP contribution in [-0.4, -0.2) is 12.5 Å². The largest absolute Gasteiger partial charge is 0.384 e. The van der Waals surface area contributed by atoms with Crippen molar-refractivity contribution in [1.29, 1.82) is 0 Å². The Bertz CT molecular complexity index is 618. The summed E-state index contributed by atoms with van der Waals surface area (Å²) in [7, 11) is 0. The van der Waals surface area contributed by atoms with Crippen molar-refractivity contribution in [3.05, 3.63) is 59.2 Å². The van der Waals surface area contributed by atoms with Gasteiger partial charge in [-0.05, 0) is 50.1 Å². The molecule has 0 aliphatic rings. The van der Waals surface area contributed by atoms with Gasteiger partial charge in [0.05, 0.1) is 0 Å². The smallest absolute Gasteiger partial charge is 0.226 e. The Labute approximate surface area is 126 Å². The van der Waals surface area contributed by atoms with Crippen molar-refractivity contribution < 1.29 is 4.79 Å². The summed E-state index contributed by atoms with van der Waals surface area (Å²) in [5.41, 5.74) is 5.53. The molecule has 0 fully saturated rings. The molecule has 0 bridgehead atoms. The Morgan fingerprint density at radius 3 is 2.33 bits per heavy atom. The van der Waals surface area contributed by atoms with Gasteiger partial charge in [0, 0.05) is 24.3 Å². The molecule has 0 spiro atoms. The van der Waals surface area contributed by atoms with E-state index in [9.17, 15) is 4.79 Å². The highest BCUT2D eigenvalue weighted by Gasteiger charge is 2.03. The molecule has 21 heavy (non-hydrogen) atoms. The first-order chi connectivity index (χ1) is 10.0. The molecule has 3 heteroatoms. The number of hydrogen-bond donors (Lipinski definition) is 2. The maximum atomic E-state index is 11.9. The molecule has 0 radical (unpaired) electrons. The summed E-state index contributed by atoms with van der Waals surface area (Å²) >= 11 is 0. The summed E-state index contributed by atoms with van der Waals surface area (Å²) in [5.74, 6) is 0.0247. The van der Waals surface area contributed by atoms with Crippen LogP contribution in [-0.2, 0) is 4.79 Å². The Hall–Kier alpha value is -2.29. The van der Waals surface area contributed by atoms with Gasteiger partial charge in [-0.15, -0.1) is 0 Å². The van der Waals surface area contributed by atoms with Gasteiger partial charge in [0.25, 0.3) is 0 Å². The number of aryl methyl sites for hydroxylation is 3. The molecule has 2 aromatic rings. The molecular weight excluding hydrogens is 260 g/mol. The highest BCUT2D eigenvalue weighted by molar-refractivity contribution is 5.91. The molecule has 3 nitrogen and oxygen atoms in total. The van der Waals surface area contributed by atoms with E-state index in [1.54, 1.807) is 0 Å². The Kier molecular flexibility index (Phi) is 4.99. The first kappa shape index (κ1) is 15.1. The zero-order chi connectivity index (χ0) is 15.2. The number of rotatable bonds is 5. The molecule has 0 unspecified atom stereocenters. The van der Waals surface area contributed by atoms with Crippen LogP contribution in [0.5, 0.6) is 0 Å². The van der Waals surface area contributed by atoms with Crippen LogP contribution in [0.2, 0.25) is 0 Å². The fraction of sp³-hybridized carbons (Fsp3) is 0.278. The van der Waals surface area contributed by atoms with Gasteiger partial charge in [-0.2, -0.15) is 0 Å². The van der Waals surface area contributed by atoms with Gasteiger partial charge < -0.3 is 10.6 Å². The topological polar surface area (TPSA) is 41.1 Å². The molecule has 0 heterocycles. The van der Waals surface area contributed by atoms with Crippen LogP contribution in [0.1, 0.15) is 23.1 Å². The molecule has 0 aliphatic carbocycles. The van der Waals surface area contributed by atoms with Crippen molar-refractivity contribution in [3.63, 3.8) is 0 Å². The Morgan fingerprint density at radius 1 is 0.952 bits per heavy atom. The van der Waals surface area contributed by atoms with Crippen molar-refractivity contribution in [2.45, 2.75) is 27.2 Å². The highest BCUT2D eigenvalue weighted by atomic mass is 16.1. The SMILES string of the molecule is Cc1ccc(NC(=O)CCNc2cc(C)ccc2C)cc1. The highest BCUT2D eigenvalue weighted by Crippen LogP contribution is 2.16. The van der Waals surface area contributed by atoms with E-state index >= 15 is 0 Å². The molecule has 2 N–H and O–H groups in total. The molecule has 2 rings (SSSR count). The van der Waals surface area contributed by atoms with Crippen molar-refractivity contribution >= 4 is 17.3 Å². The summed E-state index contributed by atoms with van der Waals surface area (Å²) in [4.78, 5) is 11.9. The van der Waals surface area contributed by atoms with Crippen molar-refractivity contribution in [2.24, 2.45) is 0 Å². The summed E-state index contributed by atoms with van der Waals surface area (Å²) < 4.78 is 0. The first-order valence-electron chi connectivity index (χ1n) is 7.22. The third kappa shape index (κ3) is 4.63. The Morgan fingerprint density at radius 2 is 1.62 bits per heavy atom. The maximum Gasteiger partial charge on any atom is 0.226 e. The van der Waals surface area contributed by atoms with Crippen LogP contribution >= 0.6 is 0 Å². The minimum Gasteiger partial charge on any atom is -0.384 e. The molecular formula is C18H22N2O. The van der Waals surface area contributed by atoms with E-state index in [1.807, 2.05) is 31.2 Å². The number of benzene rings is 2. The van der Waals surface area contributed by atoms with E-state index in [2.05, 4.69) is 42.7 Å². The maximum absolute atomic E-state index is 11.9. The quantitative estimate of drug-likeness (QED) is 0.868. The fourth-order valence-corrected chi connectivity index (χ4v) is 2.10. The lowest BCUT2D eigenvalue weighted by Gasteiger charge is -2.10. The van der Waals surface area contributed by atoms with Gasteiger partial charge in [-0.25, -0.2) is 0 Å². The van der Waals surface area contributed by atoms with Crippen LogP contribution in [0.4, 0.5) is 11.4 Å².